The summed E-state index contributed by atoms with van der Waals surface area (Å²) in [4.78, 5) is 41.1. The monoisotopic (exact) mass is 398 g/mol. The lowest BCUT2D eigenvalue weighted by atomic mass is 10.1. The van der Waals surface area contributed by atoms with Crippen LogP contribution in [0.5, 0.6) is 5.75 Å². The van der Waals surface area contributed by atoms with Crippen molar-refractivity contribution >= 4 is 29.3 Å². The van der Waals surface area contributed by atoms with Gasteiger partial charge >= 0.3 is 0 Å². The van der Waals surface area contributed by atoms with Gasteiger partial charge in [-0.3, -0.25) is 19.3 Å². The van der Waals surface area contributed by atoms with Gasteiger partial charge in [-0.1, -0.05) is 29.8 Å². The highest BCUT2D eigenvalue weighted by molar-refractivity contribution is 6.37. The maximum Gasteiger partial charge on any atom is 0.263 e. The van der Waals surface area contributed by atoms with Crippen LogP contribution in [0.3, 0.4) is 0 Å². The summed E-state index contributed by atoms with van der Waals surface area (Å²) < 4.78 is 5.13. The molecule has 0 bridgehead atoms. The van der Waals surface area contributed by atoms with Gasteiger partial charge < -0.3 is 9.64 Å². The molecule has 0 N–H and O–H groups in total. The van der Waals surface area contributed by atoms with Gasteiger partial charge in [-0.05, 0) is 36.2 Å². The van der Waals surface area contributed by atoms with Crippen molar-refractivity contribution in [1.29, 1.82) is 0 Å². The molecule has 1 unspecified atom stereocenters. The number of carbonyl (C=O) groups is 3. The van der Waals surface area contributed by atoms with E-state index < -0.39 is 0 Å². The zero-order chi connectivity index (χ0) is 19.8. The van der Waals surface area contributed by atoms with E-state index in [0.717, 1.165) is 11.3 Å². The molecule has 6 nitrogen and oxygen atoms in total. The number of ether oxygens (including phenoxy) is 1. The highest BCUT2D eigenvalue weighted by atomic mass is 35.5. The first-order chi connectivity index (χ1) is 13.5. The summed E-state index contributed by atoms with van der Waals surface area (Å²) in [6.07, 6.45) is 0.835. The molecule has 2 aliphatic heterocycles. The van der Waals surface area contributed by atoms with Gasteiger partial charge in [0.05, 0.1) is 35.7 Å². The molecule has 3 amide bonds. The topological polar surface area (TPSA) is 66.9 Å². The third-order valence-corrected chi connectivity index (χ3v) is 5.61. The van der Waals surface area contributed by atoms with Crippen LogP contribution < -0.4 is 4.74 Å². The maximum atomic E-state index is 12.7. The quantitative estimate of drug-likeness (QED) is 0.743. The highest BCUT2D eigenvalue weighted by Crippen LogP contribution is 2.32. The average molecular weight is 399 g/mol. The van der Waals surface area contributed by atoms with E-state index in [1.54, 1.807) is 30.2 Å². The van der Waals surface area contributed by atoms with Crippen LogP contribution in [0.15, 0.2) is 42.5 Å². The number of nitrogens with zero attached hydrogens (tertiary/aromatic N) is 2. The van der Waals surface area contributed by atoms with Crippen molar-refractivity contribution in [3.8, 4) is 5.75 Å². The number of hydrogen-bond donors (Lipinski definition) is 0. The molecule has 0 radical (unpaired) electrons. The highest BCUT2D eigenvalue weighted by Gasteiger charge is 2.43. The fourth-order valence-electron chi connectivity index (χ4n) is 3.80. The number of imide groups is 1. The molecular formula is C21H19ClN2O4. The molecule has 2 aromatic carbocycles. The number of rotatable bonds is 4. The Kier molecular flexibility index (Phi) is 4.81. The minimum absolute atomic E-state index is 0.0256. The van der Waals surface area contributed by atoms with E-state index in [0.29, 0.717) is 25.1 Å². The summed E-state index contributed by atoms with van der Waals surface area (Å²) in [5.41, 5.74) is 1.49. The Morgan fingerprint density at radius 1 is 1.14 bits per heavy atom. The van der Waals surface area contributed by atoms with Crippen LogP contribution in [-0.2, 0) is 11.2 Å². The van der Waals surface area contributed by atoms with E-state index in [1.807, 2.05) is 24.3 Å². The molecule has 2 heterocycles. The molecule has 0 aliphatic carbocycles. The molecule has 1 fully saturated rings. The molecule has 0 saturated carbocycles. The number of carbonyl (C=O) groups excluding carboxylic acids is 3. The van der Waals surface area contributed by atoms with Crippen LogP contribution in [0, 0.1) is 0 Å². The second kappa shape index (κ2) is 7.28. The number of benzene rings is 2. The lowest BCUT2D eigenvalue weighted by Crippen LogP contribution is -2.42. The lowest BCUT2D eigenvalue weighted by Gasteiger charge is -2.22. The number of amides is 3. The first-order valence-electron chi connectivity index (χ1n) is 9.06. The summed E-state index contributed by atoms with van der Waals surface area (Å²) in [5, 5.41) is 0.281. The van der Waals surface area contributed by atoms with Crippen LogP contribution in [-0.4, -0.2) is 53.8 Å². The van der Waals surface area contributed by atoms with Crippen LogP contribution in [0.25, 0.3) is 0 Å². The van der Waals surface area contributed by atoms with E-state index in [9.17, 15) is 14.4 Å². The van der Waals surface area contributed by atoms with Crippen LogP contribution in [0.1, 0.15) is 32.7 Å². The molecule has 2 aliphatic rings. The third kappa shape index (κ3) is 3.14. The normalized spacial score (nSPS) is 18.6. The fourth-order valence-corrected chi connectivity index (χ4v) is 4.06. The summed E-state index contributed by atoms with van der Waals surface area (Å²) in [6, 6.07) is 11.9. The predicted octanol–water partition coefficient (Wildman–Crippen LogP) is 2.79. The van der Waals surface area contributed by atoms with Gasteiger partial charge in [0.2, 0.25) is 5.91 Å². The van der Waals surface area contributed by atoms with Crippen LogP contribution >= 0.6 is 11.6 Å². The molecule has 0 spiro atoms. The zero-order valence-corrected chi connectivity index (χ0v) is 16.1. The Bertz CT molecular complexity index is 957. The second-order valence-electron chi connectivity index (χ2n) is 6.95. The lowest BCUT2D eigenvalue weighted by molar-refractivity contribution is -0.129. The van der Waals surface area contributed by atoms with Crippen molar-refractivity contribution in [3.63, 3.8) is 0 Å². The van der Waals surface area contributed by atoms with Crippen molar-refractivity contribution in [2.45, 2.75) is 18.9 Å². The van der Waals surface area contributed by atoms with Crippen LogP contribution in [0.4, 0.5) is 0 Å². The number of hydrogen-bond acceptors (Lipinski definition) is 4. The Hall–Kier alpha value is -2.86. The van der Waals surface area contributed by atoms with Gasteiger partial charge in [0, 0.05) is 13.1 Å². The standard InChI is InChI=1S/C21H19ClN2O4/c1-28-15-7-5-13(6-8-15)11-18(25)23-10-9-14(12-23)24-20(26)16-3-2-4-17(22)19(16)21(24)27/h2-8,14H,9-12H2,1H3. The van der Waals surface area contributed by atoms with Crippen molar-refractivity contribution < 1.29 is 19.1 Å². The van der Waals surface area contributed by atoms with E-state index in [4.69, 9.17) is 16.3 Å². The van der Waals surface area contributed by atoms with Crippen LogP contribution in [0.2, 0.25) is 5.02 Å². The molecule has 28 heavy (non-hydrogen) atoms. The van der Waals surface area contributed by atoms with E-state index in [1.165, 1.54) is 4.90 Å². The Morgan fingerprint density at radius 2 is 1.89 bits per heavy atom. The SMILES string of the molecule is COc1ccc(CC(=O)N2CCC(N3C(=O)c4cccc(Cl)c4C3=O)C2)cc1. The number of methoxy groups -OCH3 is 1. The molecule has 4 rings (SSSR count). The fraction of sp³-hybridized carbons (Fsp3) is 0.286. The number of fused-ring (bicyclic) bond motifs is 1. The summed E-state index contributed by atoms with van der Waals surface area (Å²) >= 11 is 6.12. The van der Waals surface area contributed by atoms with Gasteiger partial charge in [-0.15, -0.1) is 0 Å². The zero-order valence-electron chi connectivity index (χ0n) is 15.4. The maximum absolute atomic E-state index is 12.7. The molecule has 2 aromatic rings. The Balaban J connectivity index is 1.44. The summed E-state index contributed by atoms with van der Waals surface area (Å²) in [6.45, 7) is 0.860. The molecule has 7 heteroatoms. The van der Waals surface area contributed by atoms with E-state index in [2.05, 4.69) is 0 Å². The van der Waals surface area contributed by atoms with Crippen molar-refractivity contribution in [2.24, 2.45) is 0 Å². The van der Waals surface area contributed by atoms with E-state index in [-0.39, 0.29) is 40.8 Å². The molecule has 0 aromatic heterocycles. The molecular weight excluding hydrogens is 380 g/mol. The van der Waals surface area contributed by atoms with Gasteiger partial charge in [0.25, 0.3) is 11.8 Å². The largest absolute Gasteiger partial charge is 0.497 e. The smallest absolute Gasteiger partial charge is 0.263 e. The second-order valence-corrected chi connectivity index (χ2v) is 7.36. The first-order valence-corrected chi connectivity index (χ1v) is 9.44. The summed E-state index contributed by atoms with van der Waals surface area (Å²) in [5.74, 6) is 0.000959. The van der Waals surface area contributed by atoms with Crippen molar-refractivity contribution in [2.75, 3.05) is 20.2 Å². The van der Waals surface area contributed by atoms with Crippen molar-refractivity contribution in [1.82, 2.24) is 9.80 Å². The Morgan fingerprint density at radius 3 is 2.57 bits per heavy atom. The molecule has 1 atom stereocenters. The molecule has 1 saturated heterocycles. The number of halogens is 1. The van der Waals surface area contributed by atoms with Crippen molar-refractivity contribution in [3.05, 3.63) is 64.2 Å². The third-order valence-electron chi connectivity index (χ3n) is 5.29. The molecule has 144 valence electrons. The Labute approximate surface area is 167 Å². The minimum atomic E-state index is -0.375. The summed E-state index contributed by atoms with van der Waals surface area (Å²) in [7, 11) is 1.59. The van der Waals surface area contributed by atoms with Gasteiger partial charge in [0.1, 0.15) is 5.75 Å². The predicted molar refractivity (Wildman–Crippen MR) is 104 cm³/mol. The van der Waals surface area contributed by atoms with E-state index >= 15 is 0 Å². The van der Waals surface area contributed by atoms with Gasteiger partial charge in [-0.25, -0.2) is 0 Å². The van der Waals surface area contributed by atoms with Gasteiger partial charge in [0.15, 0.2) is 0 Å². The number of likely N-dealkylation sites (tertiary alicyclic amines) is 1. The minimum Gasteiger partial charge on any atom is -0.497 e. The van der Waals surface area contributed by atoms with Gasteiger partial charge in [-0.2, -0.15) is 0 Å². The first kappa shape index (κ1) is 18.5. The average Bonchev–Trinajstić information content (AvgIpc) is 3.26.